The van der Waals surface area contributed by atoms with Gasteiger partial charge in [0.25, 0.3) is 5.91 Å². The van der Waals surface area contributed by atoms with Crippen LogP contribution >= 0.6 is 0 Å². The summed E-state index contributed by atoms with van der Waals surface area (Å²) in [5.74, 6) is 1.58. The van der Waals surface area contributed by atoms with Gasteiger partial charge in [0.15, 0.2) is 0 Å². The molecule has 0 radical (unpaired) electrons. The minimum Gasteiger partial charge on any atom is -0.497 e. The molecule has 8 heteroatoms. The number of hydrogen-bond donors (Lipinski definition) is 2. The number of ether oxygens (including phenoxy) is 2. The molecule has 0 aromatic heterocycles. The topological polar surface area (TPSA) is 97.0 Å². The van der Waals surface area contributed by atoms with Crippen molar-refractivity contribution in [3.63, 3.8) is 0 Å². The summed E-state index contributed by atoms with van der Waals surface area (Å²) in [6.45, 7) is 1.32. The van der Waals surface area contributed by atoms with E-state index < -0.39 is 12.1 Å². The van der Waals surface area contributed by atoms with Gasteiger partial charge in [-0.05, 0) is 43.4 Å². The molecule has 2 heterocycles. The number of carbonyl (C=O) groups excluding carboxylic acids is 3. The molecule has 2 aliphatic rings. The minimum absolute atomic E-state index is 0.0139. The summed E-state index contributed by atoms with van der Waals surface area (Å²) < 4.78 is 10.8. The first-order valence-electron chi connectivity index (χ1n) is 9.13. The molecule has 4 amide bonds. The van der Waals surface area contributed by atoms with Crippen molar-refractivity contribution in [2.24, 2.45) is 0 Å². The van der Waals surface area contributed by atoms with Crippen LogP contribution in [0, 0.1) is 0 Å². The van der Waals surface area contributed by atoms with Crippen molar-refractivity contribution in [2.45, 2.75) is 37.6 Å². The maximum Gasteiger partial charge on any atom is 0.322 e. The van der Waals surface area contributed by atoms with E-state index in [0.29, 0.717) is 25.4 Å². The highest BCUT2D eigenvalue weighted by molar-refractivity contribution is 6.04. The van der Waals surface area contributed by atoms with E-state index in [2.05, 4.69) is 10.6 Å². The number of hydrogen-bond acceptors (Lipinski definition) is 5. The van der Waals surface area contributed by atoms with E-state index in [1.807, 2.05) is 23.1 Å². The molecule has 2 saturated heterocycles. The van der Waals surface area contributed by atoms with Crippen LogP contribution in [0.1, 0.15) is 37.2 Å². The van der Waals surface area contributed by atoms with Gasteiger partial charge in [-0.25, -0.2) is 4.79 Å². The molecule has 8 nitrogen and oxygen atoms in total. The maximum atomic E-state index is 12.4. The molecule has 27 heavy (non-hydrogen) atoms. The lowest BCUT2D eigenvalue weighted by molar-refractivity contribution is -0.132. The van der Waals surface area contributed by atoms with E-state index in [9.17, 15) is 14.4 Å². The highest BCUT2D eigenvalue weighted by atomic mass is 16.5. The van der Waals surface area contributed by atoms with Gasteiger partial charge in [0.05, 0.1) is 14.2 Å². The summed E-state index contributed by atoms with van der Waals surface area (Å²) in [4.78, 5) is 36.9. The second-order valence-electron chi connectivity index (χ2n) is 6.82. The number of urea groups is 1. The first-order valence-corrected chi connectivity index (χ1v) is 9.13. The molecule has 3 rings (SSSR count). The van der Waals surface area contributed by atoms with Crippen LogP contribution in [-0.4, -0.2) is 56.1 Å². The predicted molar refractivity (Wildman–Crippen MR) is 97.8 cm³/mol. The Morgan fingerprint density at radius 2 is 1.93 bits per heavy atom. The van der Waals surface area contributed by atoms with Gasteiger partial charge >= 0.3 is 6.03 Å². The van der Waals surface area contributed by atoms with E-state index in [1.165, 1.54) is 0 Å². The van der Waals surface area contributed by atoms with Crippen LogP contribution in [0.15, 0.2) is 18.2 Å². The van der Waals surface area contributed by atoms with Crippen LogP contribution in [0.5, 0.6) is 11.5 Å². The molecule has 0 spiro atoms. The Labute approximate surface area is 158 Å². The second-order valence-corrected chi connectivity index (χ2v) is 6.82. The number of carbonyl (C=O) groups is 3. The SMILES string of the molecule is COc1ccc(OC)c(C2CCN(C(=O)CC[C@H]3NC(=O)NC3=O)CC2)c1. The number of likely N-dealkylation sites (tertiary alicyclic amines) is 1. The van der Waals surface area contributed by atoms with Gasteiger partial charge in [-0.2, -0.15) is 0 Å². The molecule has 2 aliphatic heterocycles. The van der Waals surface area contributed by atoms with Gasteiger partial charge < -0.3 is 19.7 Å². The third-order valence-corrected chi connectivity index (χ3v) is 5.23. The number of nitrogens with zero attached hydrogens (tertiary/aromatic N) is 1. The lowest BCUT2D eigenvalue weighted by Crippen LogP contribution is -2.39. The third-order valence-electron chi connectivity index (χ3n) is 5.23. The van der Waals surface area contributed by atoms with Crippen molar-refractivity contribution < 1.29 is 23.9 Å². The molecule has 0 unspecified atom stereocenters. The summed E-state index contributed by atoms with van der Waals surface area (Å²) >= 11 is 0. The fourth-order valence-electron chi connectivity index (χ4n) is 3.69. The van der Waals surface area contributed by atoms with Gasteiger partial charge in [0.1, 0.15) is 17.5 Å². The Morgan fingerprint density at radius 3 is 2.52 bits per heavy atom. The Kier molecular flexibility index (Phi) is 5.83. The average Bonchev–Trinajstić information content (AvgIpc) is 3.02. The number of methoxy groups -OCH3 is 2. The van der Waals surface area contributed by atoms with Gasteiger partial charge in [0.2, 0.25) is 5.91 Å². The van der Waals surface area contributed by atoms with E-state index in [-0.39, 0.29) is 18.2 Å². The number of imide groups is 1. The summed E-state index contributed by atoms with van der Waals surface area (Å²) in [6.07, 6.45) is 2.25. The Balaban J connectivity index is 1.53. The molecule has 0 bridgehead atoms. The summed E-state index contributed by atoms with van der Waals surface area (Å²) in [6, 6.07) is 4.68. The number of nitrogens with one attached hydrogen (secondary N) is 2. The van der Waals surface area contributed by atoms with Crippen LogP contribution in [0.4, 0.5) is 4.79 Å². The number of piperidine rings is 1. The minimum atomic E-state index is -0.611. The van der Waals surface area contributed by atoms with E-state index >= 15 is 0 Å². The fraction of sp³-hybridized carbons (Fsp3) is 0.526. The van der Waals surface area contributed by atoms with Crippen molar-refractivity contribution in [3.8, 4) is 11.5 Å². The van der Waals surface area contributed by atoms with Crippen LogP contribution < -0.4 is 20.1 Å². The quantitative estimate of drug-likeness (QED) is 0.733. The number of benzene rings is 1. The van der Waals surface area contributed by atoms with E-state index in [4.69, 9.17) is 9.47 Å². The van der Waals surface area contributed by atoms with Crippen molar-refractivity contribution in [3.05, 3.63) is 23.8 Å². The normalized spacial score (nSPS) is 20.2. The van der Waals surface area contributed by atoms with Crippen molar-refractivity contribution in [1.29, 1.82) is 0 Å². The van der Waals surface area contributed by atoms with Crippen LogP contribution in [0.2, 0.25) is 0 Å². The largest absolute Gasteiger partial charge is 0.497 e. The fourth-order valence-corrected chi connectivity index (χ4v) is 3.69. The first-order chi connectivity index (χ1) is 13.0. The smallest absolute Gasteiger partial charge is 0.322 e. The molecule has 146 valence electrons. The lowest BCUT2D eigenvalue weighted by atomic mass is 9.88. The van der Waals surface area contributed by atoms with Crippen LogP contribution in [0.25, 0.3) is 0 Å². The van der Waals surface area contributed by atoms with Crippen LogP contribution in [-0.2, 0) is 9.59 Å². The highest BCUT2D eigenvalue weighted by Crippen LogP contribution is 2.36. The Bertz CT molecular complexity index is 728. The molecule has 2 fully saturated rings. The highest BCUT2D eigenvalue weighted by Gasteiger charge is 2.31. The zero-order valence-electron chi connectivity index (χ0n) is 15.6. The second kappa shape index (κ2) is 8.28. The Hall–Kier alpha value is -2.77. The monoisotopic (exact) mass is 375 g/mol. The van der Waals surface area contributed by atoms with E-state index in [0.717, 1.165) is 29.9 Å². The number of rotatable bonds is 6. The summed E-state index contributed by atoms with van der Waals surface area (Å²) in [7, 11) is 3.29. The lowest BCUT2D eigenvalue weighted by Gasteiger charge is -2.33. The standard InChI is InChI=1S/C19H25N3O5/c1-26-13-3-5-16(27-2)14(11-13)12-7-9-22(10-8-12)17(23)6-4-15-18(24)21-19(25)20-15/h3,5,11-12,15H,4,6-10H2,1-2H3,(H2,20,21,24,25)/t15-/m1/s1. The predicted octanol–water partition coefficient (Wildman–Crippen LogP) is 1.40. The van der Waals surface area contributed by atoms with Gasteiger partial charge in [-0.3, -0.25) is 14.9 Å². The molecular formula is C19H25N3O5. The van der Waals surface area contributed by atoms with Gasteiger partial charge in [-0.1, -0.05) is 0 Å². The third kappa shape index (κ3) is 4.32. The van der Waals surface area contributed by atoms with Crippen LogP contribution in [0.3, 0.4) is 0 Å². The van der Waals surface area contributed by atoms with Gasteiger partial charge in [0, 0.05) is 25.1 Å². The molecule has 0 aliphatic carbocycles. The zero-order valence-corrected chi connectivity index (χ0v) is 15.6. The summed E-state index contributed by atoms with van der Waals surface area (Å²) in [5.41, 5.74) is 1.11. The number of amides is 4. The van der Waals surface area contributed by atoms with Crippen molar-refractivity contribution in [1.82, 2.24) is 15.5 Å². The first kappa shape index (κ1) is 19.0. The molecule has 0 saturated carbocycles. The molecule has 1 aromatic rings. The molecule has 2 N–H and O–H groups in total. The zero-order chi connectivity index (χ0) is 19.4. The average molecular weight is 375 g/mol. The Morgan fingerprint density at radius 1 is 1.19 bits per heavy atom. The van der Waals surface area contributed by atoms with E-state index in [1.54, 1.807) is 14.2 Å². The van der Waals surface area contributed by atoms with Crippen molar-refractivity contribution >= 4 is 17.8 Å². The molecule has 1 atom stereocenters. The van der Waals surface area contributed by atoms with Gasteiger partial charge in [-0.15, -0.1) is 0 Å². The van der Waals surface area contributed by atoms with Crippen molar-refractivity contribution in [2.75, 3.05) is 27.3 Å². The summed E-state index contributed by atoms with van der Waals surface area (Å²) in [5, 5.41) is 4.70. The molecule has 1 aromatic carbocycles. The molecular weight excluding hydrogens is 350 g/mol. The maximum absolute atomic E-state index is 12.4.